The second kappa shape index (κ2) is 8.97. The van der Waals surface area contributed by atoms with E-state index in [-0.39, 0.29) is 16.6 Å². The van der Waals surface area contributed by atoms with E-state index in [9.17, 15) is 21.6 Å². The summed E-state index contributed by atoms with van der Waals surface area (Å²) < 4.78 is 52.0. The van der Waals surface area contributed by atoms with Gasteiger partial charge >= 0.3 is 0 Å². The van der Waals surface area contributed by atoms with Gasteiger partial charge in [-0.2, -0.15) is 0 Å². The first-order chi connectivity index (χ1) is 14.6. The van der Waals surface area contributed by atoms with Gasteiger partial charge in [0.25, 0.3) is 5.91 Å². The number of nitrogens with zero attached hydrogens (tertiary/aromatic N) is 2. The van der Waals surface area contributed by atoms with E-state index in [2.05, 4.69) is 5.32 Å². The predicted octanol–water partition coefficient (Wildman–Crippen LogP) is 2.68. The third kappa shape index (κ3) is 4.91. The molecule has 0 fully saturated rings. The van der Waals surface area contributed by atoms with Crippen molar-refractivity contribution in [2.45, 2.75) is 31.1 Å². The lowest BCUT2D eigenvalue weighted by Crippen LogP contribution is -2.37. The van der Waals surface area contributed by atoms with Crippen LogP contribution in [0, 0.1) is 0 Å². The predicted molar refractivity (Wildman–Crippen MR) is 121 cm³/mol. The molecule has 1 N–H and O–H groups in total. The summed E-state index contributed by atoms with van der Waals surface area (Å²) in [4.78, 5) is 12.7. The highest BCUT2D eigenvalue weighted by molar-refractivity contribution is 7.92. The average Bonchev–Trinajstić information content (AvgIpc) is 2.73. The van der Waals surface area contributed by atoms with E-state index < -0.39 is 20.0 Å². The Bertz CT molecular complexity index is 1170. The average molecular weight is 466 g/mol. The van der Waals surface area contributed by atoms with Gasteiger partial charge in [-0.1, -0.05) is 6.92 Å². The fourth-order valence-electron chi connectivity index (χ4n) is 3.49. The highest BCUT2D eigenvalue weighted by Gasteiger charge is 2.27. The Kier molecular flexibility index (Phi) is 6.73. The van der Waals surface area contributed by atoms with Gasteiger partial charge in [-0.15, -0.1) is 0 Å². The molecule has 0 saturated carbocycles. The Morgan fingerprint density at radius 2 is 1.74 bits per heavy atom. The van der Waals surface area contributed by atoms with Crippen LogP contribution >= 0.6 is 0 Å². The Morgan fingerprint density at radius 3 is 2.35 bits per heavy atom. The summed E-state index contributed by atoms with van der Waals surface area (Å²) in [6, 6.07) is 10.9. The lowest BCUT2D eigenvalue weighted by atomic mass is 10.0. The monoisotopic (exact) mass is 465 g/mol. The van der Waals surface area contributed by atoms with Gasteiger partial charge in [0, 0.05) is 31.9 Å². The fourth-order valence-corrected chi connectivity index (χ4v) is 6.01. The van der Waals surface area contributed by atoms with Gasteiger partial charge < -0.3 is 5.32 Å². The molecule has 1 heterocycles. The number of rotatable bonds is 7. The number of hydrogen-bond donors (Lipinski definition) is 1. The molecule has 0 atom stereocenters. The molecular weight excluding hydrogens is 438 g/mol. The zero-order chi connectivity index (χ0) is 22.8. The van der Waals surface area contributed by atoms with Crippen LogP contribution in [0.4, 0.5) is 11.4 Å². The van der Waals surface area contributed by atoms with Crippen LogP contribution in [-0.2, 0) is 26.5 Å². The van der Waals surface area contributed by atoms with E-state index in [0.717, 1.165) is 22.7 Å². The number of aryl methyl sites for hydroxylation is 1. The first-order valence-corrected chi connectivity index (χ1v) is 13.1. The molecule has 0 saturated heterocycles. The minimum absolute atomic E-state index is 0.102. The van der Waals surface area contributed by atoms with Crippen LogP contribution in [-0.4, -0.2) is 53.4 Å². The number of carbonyl (C=O) groups is 1. The number of carbonyl (C=O) groups excluding carboxylic acids is 1. The van der Waals surface area contributed by atoms with Crippen molar-refractivity contribution in [2.24, 2.45) is 0 Å². The number of hydrogen-bond acceptors (Lipinski definition) is 5. The summed E-state index contributed by atoms with van der Waals surface area (Å²) in [7, 11) is -4.03. The van der Waals surface area contributed by atoms with Crippen molar-refractivity contribution in [3.8, 4) is 0 Å². The molecular formula is C21H27N3O5S2. The third-order valence-electron chi connectivity index (χ3n) is 5.11. The van der Waals surface area contributed by atoms with Crippen LogP contribution in [0.25, 0.3) is 0 Å². The Hall–Kier alpha value is -2.43. The largest absolute Gasteiger partial charge is 0.322 e. The van der Waals surface area contributed by atoms with E-state index in [1.807, 2.05) is 6.92 Å². The first-order valence-electron chi connectivity index (χ1n) is 10.0. The maximum absolute atomic E-state index is 12.6. The second-order valence-electron chi connectivity index (χ2n) is 7.60. The molecule has 1 aliphatic rings. The quantitative estimate of drug-likeness (QED) is 0.677. The number of benzene rings is 2. The number of nitrogens with one attached hydrogen (secondary N) is 1. The van der Waals surface area contributed by atoms with Crippen molar-refractivity contribution in [3.63, 3.8) is 0 Å². The van der Waals surface area contributed by atoms with E-state index in [0.29, 0.717) is 29.9 Å². The summed E-state index contributed by atoms with van der Waals surface area (Å²) in [5, 5.41) is 2.80. The summed E-state index contributed by atoms with van der Waals surface area (Å²) in [6.07, 6.45) is 2.00. The van der Waals surface area contributed by atoms with Gasteiger partial charge in [0.15, 0.2) is 0 Å². The first kappa shape index (κ1) is 23.2. The lowest BCUT2D eigenvalue weighted by molar-refractivity contribution is 0.102. The summed E-state index contributed by atoms with van der Waals surface area (Å²) in [6.45, 7) is 2.30. The van der Waals surface area contributed by atoms with Crippen LogP contribution in [0.5, 0.6) is 0 Å². The number of anilines is 2. The normalized spacial score (nSPS) is 14.4. The second-order valence-corrected chi connectivity index (χ2v) is 11.8. The Morgan fingerprint density at radius 1 is 1.06 bits per heavy atom. The zero-order valence-electron chi connectivity index (χ0n) is 17.8. The standard InChI is InChI=1S/C21H27N3O5S2/c1-4-14-30(26,27)24-13-5-6-17-15-18(9-12-20(17)24)22-21(25)16-7-10-19(11-8-16)31(28,29)23(2)3/h7-12,15H,4-6,13-14H2,1-3H3,(H,22,25). The van der Waals surface area contributed by atoms with Crippen LogP contribution in [0.3, 0.4) is 0 Å². The van der Waals surface area contributed by atoms with Crippen molar-refractivity contribution in [1.29, 1.82) is 0 Å². The van der Waals surface area contributed by atoms with Gasteiger partial charge in [0.1, 0.15) is 0 Å². The molecule has 0 bridgehead atoms. The molecule has 3 rings (SSSR count). The van der Waals surface area contributed by atoms with Crippen LogP contribution < -0.4 is 9.62 Å². The van der Waals surface area contributed by atoms with Crippen LogP contribution in [0.1, 0.15) is 35.7 Å². The molecule has 2 aromatic rings. The Balaban J connectivity index is 1.79. The van der Waals surface area contributed by atoms with Crippen molar-refractivity contribution >= 4 is 37.3 Å². The van der Waals surface area contributed by atoms with Crippen molar-refractivity contribution in [3.05, 3.63) is 53.6 Å². The number of sulfonamides is 2. The summed E-state index contributed by atoms with van der Waals surface area (Å²) in [5.41, 5.74) is 2.41. The molecule has 1 amide bonds. The minimum Gasteiger partial charge on any atom is -0.322 e. The van der Waals surface area contributed by atoms with Crippen LogP contribution in [0.2, 0.25) is 0 Å². The van der Waals surface area contributed by atoms with Gasteiger partial charge in [-0.25, -0.2) is 21.1 Å². The number of fused-ring (bicyclic) bond motifs is 1. The van der Waals surface area contributed by atoms with E-state index in [1.165, 1.54) is 42.7 Å². The zero-order valence-corrected chi connectivity index (χ0v) is 19.5. The molecule has 168 valence electrons. The lowest BCUT2D eigenvalue weighted by Gasteiger charge is -2.30. The molecule has 0 unspecified atom stereocenters. The fraction of sp³-hybridized carbons (Fsp3) is 0.381. The molecule has 8 nitrogen and oxygen atoms in total. The maximum Gasteiger partial charge on any atom is 0.255 e. The third-order valence-corrected chi connectivity index (χ3v) is 8.91. The SMILES string of the molecule is CCCS(=O)(=O)N1CCCc2cc(NC(=O)c3ccc(S(=O)(=O)N(C)C)cc3)ccc21. The highest BCUT2D eigenvalue weighted by atomic mass is 32.2. The minimum atomic E-state index is -3.56. The Labute approximate surface area is 184 Å². The van der Waals surface area contributed by atoms with Gasteiger partial charge in [0.05, 0.1) is 16.3 Å². The van der Waals surface area contributed by atoms with Gasteiger partial charge in [-0.3, -0.25) is 9.10 Å². The molecule has 0 aliphatic carbocycles. The smallest absolute Gasteiger partial charge is 0.255 e. The van der Waals surface area contributed by atoms with Crippen molar-refractivity contribution in [2.75, 3.05) is 36.0 Å². The molecule has 31 heavy (non-hydrogen) atoms. The van der Waals surface area contributed by atoms with E-state index in [1.54, 1.807) is 18.2 Å². The maximum atomic E-state index is 12.6. The molecule has 10 heteroatoms. The number of amides is 1. The summed E-state index contributed by atoms with van der Waals surface area (Å²) >= 11 is 0. The van der Waals surface area contributed by atoms with E-state index >= 15 is 0 Å². The van der Waals surface area contributed by atoms with Crippen molar-refractivity contribution < 1.29 is 21.6 Å². The molecule has 0 radical (unpaired) electrons. The molecule has 1 aliphatic heterocycles. The van der Waals surface area contributed by atoms with Gasteiger partial charge in [0.2, 0.25) is 20.0 Å². The van der Waals surface area contributed by atoms with Crippen molar-refractivity contribution in [1.82, 2.24) is 4.31 Å². The van der Waals surface area contributed by atoms with E-state index in [4.69, 9.17) is 0 Å². The highest BCUT2D eigenvalue weighted by Crippen LogP contribution is 2.32. The molecule has 0 aromatic heterocycles. The molecule has 0 spiro atoms. The summed E-state index contributed by atoms with van der Waals surface area (Å²) in [5.74, 6) is -0.273. The van der Waals surface area contributed by atoms with Crippen LogP contribution in [0.15, 0.2) is 47.4 Å². The van der Waals surface area contributed by atoms with Gasteiger partial charge in [-0.05, 0) is 67.3 Å². The topological polar surface area (TPSA) is 104 Å². The molecule has 2 aromatic carbocycles.